The maximum absolute atomic E-state index is 8.17. The molecule has 0 fully saturated rings. The number of aliphatic hydroxyl groups is 3. The van der Waals surface area contributed by atoms with Crippen molar-refractivity contribution in [2.24, 2.45) is 0 Å². The Balaban J connectivity index is 0. The number of hydrogen-bond donors (Lipinski definition) is 3. The SMILES string of the molecule is OCC(O)CO.[Y+3]. The van der Waals surface area contributed by atoms with Gasteiger partial charge >= 0.3 is 32.7 Å². The molecule has 0 aliphatic rings. The summed E-state index contributed by atoms with van der Waals surface area (Å²) in [4.78, 5) is 0. The molecule has 0 bridgehead atoms. The molecule has 0 aromatic carbocycles. The zero-order valence-corrected chi connectivity index (χ0v) is 6.75. The van der Waals surface area contributed by atoms with E-state index in [-0.39, 0.29) is 45.9 Å². The van der Waals surface area contributed by atoms with Crippen molar-refractivity contribution in [3.05, 3.63) is 0 Å². The first-order valence-corrected chi connectivity index (χ1v) is 1.71. The fraction of sp³-hybridized carbons (Fsp3) is 1.00. The van der Waals surface area contributed by atoms with Crippen LogP contribution in [0.4, 0.5) is 0 Å². The zero-order chi connectivity index (χ0) is 4.99. The van der Waals surface area contributed by atoms with Crippen molar-refractivity contribution in [1.82, 2.24) is 0 Å². The van der Waals surface area contributed by atoms with Crippen molar-refractivity contribution >= 4 is 0 Å². The first kappa shape index (κ1) is 10.9. The standard InChI is InChI=1S/C3H8O3.Y/c4-1-3(6)2-5;/h3-6H,1-2H2;/q;+3. The third-order valence-electron chi connectivity index (χ3n) is 0.421. The van der Waals surface area contributed by atoms with Crippen LogP contribution in [0.25, 0.3) is 0 Å². The van der Waals surface area contributed by atoms with Gasteiger partial charge in [-0.1, -0.05) is 0 Å². The summed E-state index contributed by atoms with van der Waals surface area (Å²) >= 11 is 0. The average Bonchev–Trinajstić information content (AvgIpc) is 1.65. The van der Waals surface area contributed by atoms with Crippen LogP contribution >= 0.6 is 0 Å². The molecule has 0 aromatic heterocycles. The molecule has 0 heterocycles. The molecule has 0 aromatic rings. The smallest absolute Gasteiger partial charge is 0.394 e. The molecule has 0 saturated heterocycles. The largest absolute Gasteiger partial charge is 3.00 e. The van der Waals surface area contributed by atoms with Crippen LogP contribution in [0.3, 0.4) is 0 Å². The Kier molecular flexibility index (Phi) is 10.9. The topological polar surface area (TPSA) is 60.7 Å². The summed E-state index contributed by atoms with van der Waals surface area (Å²) in [5, 5.41) is 24.0. The Labute approximate surface area is 67.2 Å². The quantitative estimate of drug-likeness (QED) is 0.477. The molecular weight excluding hydrogens is 173 g/mol. The normalized spacial score (nSPS) is 8.57. The minimum absolute atomic E-state index is 0. The van der Waals surface area contributed by atoms with E-state index in [1.54, 1.807) is 0 Å². The van der Waals surface area contributed by atoms with Gasteiger partial charge in [0.15, 0.2) is 0 Å². The Bertz CT molecular complexity index is 29.4. The Hall–Kier alpha value is 0.984. The molecule has 4 heteroatoms. The summed E-state index contributed by atoms with van der Waals surface area (Å²) in [5.74, 6) is 0. The van der Waals surface area contributed by atoms with Gasteiger partial charge in [0.05, 0.1) is 13.2 Å². The van der Waals surface area contributed by atoms with Gasteiger partial charge in [-0.25, -0.2) is 0 Å². The van der Waals surface area contributed by atoms with Crippen molar-refractivity contribution < 1.29 is 48.0 Å². The molecule has 3 N–H and O–H groups in total. The van der Waals surface area contributed by atoms with Gasteiger partial charge in [0.1, 0.15) is 6.10 Å². The molecule has 0 radical (unpaired) electrons. The van der Waals surface area contributed by atoms with Gasteiger partial charge in [-0.15, -0.1) is 0 Å². The fourth-order valence-electron chi connectivity index (χ4n) is 0.0577. The van der Waals surface area contributed by atoms with Crippen LogP contribution in [0, 0.1) is 0 Å². The molecule has 38 valence electrons. The van der Waals surface area contributed by atoms with E-state index in [0.29, 0.717) is 0 Å². The summed E-state index contributed by atoms with van der Waals surface area (Å²) in [6.45, 7) is -0.729. The Morgan fingerprint density at radius 1 is 1.14 bits per heavy atom. The van der Waals surface area contributed by atoms with E-state index in [9.17, 15) is 0 Å². The maximum atomic E-state index is 8.17. The number of rotatable bonds is 2. The minimum Gasteiger partial charge on any atom is -0.394 e. The second-order valence-electron chi connectivity index (χ2n) is 1.02. The van der Waals surface area contributed by atoms with Gasteiger partial charge in [-0.05, 0) is 0 Å². The summed E-state index contributed by atoms with van der Waals surface area (Å²) in [6, 6.07) is 0. The molecule has 0 amide bonds. The summed E-state index contributed by atoms with van der Waals surface area (Å²) in [5.41, 5.74) is 0. The number of aliphatic hydroxyl groups excluding tert-OH is 3. The predicted octanol–water partition coefficient (Wildman–Crippen LogP) is -1.67. The van der Waals surface area contributed by atoms with Crippen molar-refractivity contribution in [3.8, 4) is 0 Å². The Morgan fingerprint density at radius 2 is 1.43 bits per heavy atom. The van der Waals surface area contributed by atoms with E-state index in [1.807, 2.05) is 0 Å². The van der Waals surface area contributed by atoms with E-state index in [1.165, 1.54) is 0 Å². The van der Waals surface area contributed by atoms with Crippen LogP contribution in [0.1, 0.15) is 0 Å². The van der Waals surface area contributed by atoms with Crippen LogP contribution < -0.4 is 0 Å². The van der Waals surface area contributed by atoms with Crippen LogP contribution in [0.2, 0.25) is 0 Å². The molecule has 7 heavy (non-hydrogen) atoms. The van der Waals surface area contributed by atoms with Gasteiger partial charge in [-0.2, -0.15) is 0 Å². The van der Waals surface area contributed by atoms with Crippen molar-refractivity contribution in [3.63, 3.8) is 0 Å². The predicted molar refractivity (Wildman–Crippen MR) is 20.2 cm³/mol. The molecular formula is C3H8O3Y+3. The molecule has 0 aliphatic heterocycles. The van der Waals surface area contributed by atoms with Crippen LogP contribution in [0.15, 0.2) is 0 Å². The first-order valence-electron chi connectivity index (χ1n) is 1.71. The van der Waals surface area contributed by atoms with Crippen molar-refractivity contribution in [2.45, 2.75) is 6.10 Å². The second kappa shape index (κ2) is 6.98. The molecule has 0 spiro atoms. The molecule has 0 atom stereocenters. The van der Waals surface area contributed by atoms with Crippen molar-refractivity contribution in [1.29, 1.82) is 0 Å². The van der Waals surface area contributed by atoms with Gasteiger partial charge in [-0.3, -0.25) is 0 Å². The molecule has 3 nitrogen and oxygen atoms in total. The average molecular weight is 181 g/mol. The van der Waals surface area contributed by atoms with Gasteiger partial charge in [0.2, 0.25) is 0 Å². The minimum atomic E-state index is -0.954. The molecule has 0 aliphatic carbocycles. The van der Waals surface area contributed by atoms with E-state index < -0.39 is 6.10 Å². The van der Waals surface area contributed by atoms with E-state index in [0.717, 1.165) is 0 Å². The first-order chi connectivity index (χ1) is 2.81. The molecule has 0 saturated carbocycles. The zero-order valence-electron chi connectivity index (χ0n) is 3.91. The molecule has 0 rings (SSSR count). The van der Waals surface area contributed by atoms with Gasteiger partial charge < -0.3 is 15.3 Å². The fourth-order valence-corrected chi connectivity index (χ4v) is 0.0577. The van der Waals surface area contributed by atoms with E-state index in [4.69, 9.17) is 15.3 Å². The van der Waals surface area contributed by atoms with Crippen LogP contribution in [-0.4, -0.2) is 34.6 Å². The number of hydrogen-bond acceptors (Lipinski definition) is 3. The summed E-state index contributed by atoms with van der Waals surface area (Å²) < 4.78 is 0. The van der Waals surface area contributed by atoms with E-state index >= 15 is 0 Å². The van der Waals surface area contributed by atoms with Gasteiger partial charge in [0, 0.05) is 0 Å². The second-order valence-corrected chi connectivity index (χ2v) is 1.02. The third kappa shape index (κ3) is 6.98. The van der Waals surface area contributed by atoms with Crippen LogP contribution in [-0.2, 0) is 32.7 Å². The van der Waals surface area contributed by atoms with Crippen LogP contribution in [0.5, 0.6) is 0 Å². The maximum Gasteiger partial charge on any atom is 3.00 e. The summed E-state index contributed by atoms with van der Waals surface area (Å²) in [6.07, 6.45) is -0.954. The van der Waals surface area contributed by atoms with Crippen molar-refractivity contribution in [2.75, 3.05) is 13.2 Å². The monoisotopic (exact) mass is 181 g/mol. The third-order valence-corrected chi connectivity index (χ3v) is 0.421. The van der Waals surface area contributed by atoms with Gasteiger partial charge in [0.25, 0.3) is 0 Å². The Morgan fingerprint density at radius 3 is 1.43 bits per heavy atom. The summed E-state index contributed by atoms with van der Waals surface area (Å²) in [7, 11) is 0. The van der Waals surface area contributed by atoms with E-state index in [2.05, 4.69) is 0 Å². The molecule has 0 unspecified atom stereocenters.